The van der Waals surface area contributed by atoms with Gasteiger partial charge in [-0.15, -0.1) is 0 Å². The van der Waals surface area contributed by atoms with Crippen molar-refractivity contribution in [2.75, 3.05) is 18.4 Å². The number of aromatic hydroxyl groups is 1. The van der Waals surface area contributed by atoms with Gasteiger partial charge in [-0.1, -0.05) is 6.42 Å². The highest BCUT2D eigenvalue weighted by Crippen LogP contribution is 2.24. The molecule has 13 nitrogen and oxygen atoms in total. The van der Waals surface area contributed by atoms with Gasteiger partial charge in [0.2, 0.25) is 5.43 Å². The first kappa shape index (κ1) is 29.6. The van der Waals surface area contributed by atoms with E-state index < -0.39 is 22.7 Å². The standard InChI is InChI=1S/C29H33FN8O5/c1-17(2)36-12-13-37-19(14-22(40)25(41)24(37)28(36)42)8-9-20(39)6-4-3-5-11-31-27-21(30)15-32-26(33-27)18-7-10-23-34-35-29(43)38(23)16-18/h7,10,14-17,41H,3-6,8-9,11-13H2,1-2H3,(H,35,43)(H,31,32,33). The van der Waals surface area contributed by atoms with Crippen molar-refractivity contribution >= 4 is 23.2 Å². The van der Waals surface area contributed by atoms with Gasteiger partial charge in [-0.3, -0.25) is 14.4 Å². The molecule has 0 unspecified atom stereocenters. The lowest BCUT2D eigenvalue weighted by molar-refractivity contribution is -0.119. The van der Waals surface area contributed by atoms with E-state index in [1.54, 1.807) is 21.6 Å². The van der Waals surface area contributed by atoms with Crippen LogP contribution in [0.2, 0.25) is 0 Å². The summed E-state index contributed by atoms with van der Waals surface area (Å²) < 4.78 is 17.3. The quantitative estimate of drug-likeness (QED) is 0.209. The van der Waals surface area contributed by atoms with E-state index in [-0.39, 0.29) is 41.5 Å². The third-order valence-electron chi connectivity index (χ3n) is 7.52. The van der Waals surface area contributed by atoms with E-state index in [0.717, 1.165) is 12.6 Å². The van der Waals surface area contributed by atoms with Gasteiger partial charge in [0.25, 0.3) is 5.91 Å². The minimum atomic E-state index is -0.623. The second-order valence-corrected chi connectivity index (χ2v) is 10.8. The molecule has 4 aromatic rings. The fourth-order valence-electron chi connectivity index (χ4n) is 5.19. The Morgan fingerprint density at radius 3 is 2.74 bits per heavy atom. The molecule has 1 aliphatic heterocycles. The normalized spacial score (nSPS) is 13.1. The van der Waals surface area contributed by atoms with E-state index in [0.29, 0.717) is 62.2 Å². The second-order valence-electron chi connectivity index (χ2n) is 10.8. The molecule has 14 heteroatoms. The fraction of sp³-hybridized carbons (Fsp3) is 0.414. The minimum Gasteiger partial charge on any atom is -0.503 e. The molecule has 0 spiro atoms. The third-order valence-corrected chi connectivity index (χ3v) is 7.52. The molecule has 0 fully saturated rings. The maximum absolute atomic E-state index is 14.3. The predicted molar refractivity (Wildman–Crippen MR) is 156 cm³/mol. The maximum atomic E-state index is 14.3. The molecule has 5 heterocycles. The maximum Gasteiger partial charge on any atom is 0.347 e. The summed E-state index contributed by atoms with van der Waals surface area (Å²) in [6, 6.07) is 4.57. The lowest BCUT2D eigenvalue weighted by atomic mass is 10.0. The summed E-state index contributed by atoms with van der Waals surface area (Å²) in [5, 5.41) is 19.5. The molecule has 1 aliphatic rings. The van der Waals surface area contributed by atoms with Gasteiger partial charge in [-0.05, 0) is 45.2 Å². The van der Waals surface area contributed by atoms with Gasteiger partial charge in [-0.25, -0.2) is 28.7 Å². The first-order chi connectivity index (χ1) is 20.6. The number of anilines is 1. The number of H-pyrrole nitrogens is 1. The zero-order chi connectivity index (χ0) is 30.7. The Morgan fingerprint density at radius 2 is 1.95 bits per heavy atom. The average Bonchev–Trinajstić information content (AvgIpc) is 3.36. The fourth-order valence-corrected chi connectivity index (χ4v) is 5.19. The SMILES string of the molecule is CC(C)N1CCn2c(CCC(=O)CCCCCNc3nc(-c4ccc5n[nH]c(=O)n5c4)ncc3F)cc(=O)c(O)c2C1=O. The van der Waals surface area contributed by atoms with Crippen molar-refractivity contribution in [3.05, 3.63) is 68.5 Å². The molecule has 0 radical (unpaired) electrons. The van der Waals surface area contributed by atoms with Crippen molar-refractivity contribution < 1.29 is 19.1 Å². The number of nitrogens with one attached hydrogen (secondary N) is 2. The van der Waals surface area contributed by atoms with Crippen LogP contribution in [0.1, 0.15) is 62.1 Å². The number of hydrogen-bond donors (Lipinski definition) is 3. The van der Waals surface area contributed by atoms with Gasteiger partial charge >= 0.3 is 5.69 Å². The summed E-state index contributed by atoms with van der Waals surface area (Å²) in [4.78, 5) is 59.6. The number of aromatic amines is 1. The molecule has 226 valence electrons. The number of halogens is 1. The Bertz CT molecular complexity index is 1790. The molecule has 5 rings (SSSR count). The van der Waals surface area contributed by atoms with E-state index in [9.17, 15) is 28.7 Å². The van der Waals surface area contributed by atoms with Crippen LogP contribution in [0, 0.1) is 5.82 Å². The Hall–Kier alpha value is -4.88. The number of nitrogens with zero attached hydrogens (tertiary/aromatic N) is 6. The van der Waals surface area contributed by atoms with Gasteiger partial charge < -0.3 is 19.9 Å². The first-order valence-corrected chi connectivity index (χ1v) is 14.3. The lowest BCUT2D eigenvalue weighted by Gasteiger charge is -2.34. The number of pyridine rings is 2. The molecule has 0 bridgehead atoms. The number of rotatable bonds is 12. The number of Topliss-reactive ketones (excluding diaryl/α,β-unsaturated/α-hetero) is 1. The summed E-state index contributed by atoms with van der Waals surface area (Å²) in [5.74, 6) is -1.21. The number of unbranched alkanes of at least 4 members (excludes halogenated alkanes) is 2. The van der Waals surface area contributed by atoms with Crippen molar-refractivity contribution in [2.45, 2.75) is 65.0 Å². The summed E-state index contributed by atoms with van der Waals surface area (Å²) in [6.07, 6.45) is 5.53. The zero-order valence-corrected chi connectivity index (χ0v) is 24.0. The molecular weight excluding hydrogens is 559 g/mol. The molecule has 43 heavy (non-hydrogen) atoms. The van der Waals surface area contributed by atoms with Crippen LogP contribution in [0.5, 0.6) is 5.75 Å². The molecule has 0 saturated heterocycles. The molecular formula is C29H33FN8O5. The van der Waals surface area contributed by atoms with Gasteiger partial charge in [0, 0.05) is 62.0 Å². The van der Waals surface area contributed by atoms with Crippen LogP contribution in [0.3, 0.4) is 0 Å². The number of ketones is 1. The molecule has 4 aromatic heterocycles. The molecule has 1 amide bonds. The minimum absolute atomic E-state index is 0.0100. The summed E-state index contributed by atoms with van der Waals surface area (Å²) >= 11 is 0. The topological polar surface area (TPSA) is 168 Å². The zero-order valence-electron chi connectivity index (χ0n) is 24.0. The lowest BCUT2D eigenvalue weighted by Crippen LogP contribution is -2.46. The number of carbonyl (C=O) groups excluding carboxylic acids is 2. The van der Waals surface area contributed by atoms with E-state index in [1.165, 1.54) is 16.7 Å². The second kappa shape index (κ2) is 12.5. The summed E-state index contributed by atoms with van der Waals surface area (Å²) in [6.45, 7) is 5.09. The molecule has 0 aliphatic carbocycles. The van der Waals surface area contributed by atoms with Gasteiger partial charge in [-0.2, -0.15) is 5.10 Å². The van der Waals surface area contributed by atoms with E-state index in [2.05, 4.69) is 25.5 Å². The number of carbonyl (C=O) groups is 2. The molecule has 0 atom stereocenters. The van der Waals surface area contributed by atoms with Crippen LogP contribution in [-0.4, -0.2) is 70.0 Å². The third kappa shape index (κ3) is 6.32. The number of aromatic nitrogens is 6. The van der Waals surface area contributed by atoms with Crippen LogP contribution in [0.25, 0.3) is 17.0 Å². The number of hydrogen-bond acceptors (Lipinski definition) is 9. The highest BCUT2D eigenvalue weighted by atomic mass is 19.1. The monoisotopic (exact) mass is 592 g/mol. The Labute approximate surface area is 245 Å². The van der Waals surface area contributed by atoms with Crippen molar-refractivity contribution in [1.82, 2.24) is 34.0 Å². The van der Waals surface area contributed by atoms with Crippen molar-refractivity contribution in [1.29, 1.82) is 0 Å². The van der Waals surface area contributed by atoms with Crippen LogP contribution in [0.4, 0.5) is 10.2 Å². The van der Waals surface area contributed by atoms with Crippen molar-refractivity contribution in [3.63, 3.8) is 0 Å². The summed E-state index contributed by atoms with van der Waals surface area (Å²) in [7, 11) is 0. The Morgan fingerprint density at radius 1 is 1.14 bits per heavy atom. The van der Waals surface area contributed by atoms with Gasteiger partial charge in [0.1, 0.15) is 5.78 Å². The predicted octanol–water partition coefficient (Wildman–Crippen LogP) is 2.52. The van der Waals surface area contributed by atoms with Gasteiger partial charge in [0.05, 0.1) is 6.20 Å². The molecule has 0 aromatic carbocycles. The van der Waals surface area contributed by atoms with Crippen molar-refractivity contribution in [2.24, 2.45) is 0 Å². The Balaban J connectivity index is 1.09. The largest absolute Gasteiger partial charge is 0.503 e. The molecule has 3 N–H and O–H groups in total. The number of aryl methyl sites for hydroxylation is 1. The highest BCUT2D eigenvalue weighted by Gasteiger charge is 2.31. The summed E-state index contributed by atoms with van der Waals surface area (Å²) in [5.41, 5.74) is 0.498. The van der Waals surface area contributed by atoms with E-state index in [4.69, 9.17) is 0 Å². The first-order valence-electron chi connectivity index (χ1n) is 14.3. The number of fused-ring (bicyclic) bond motifs is 2. The Kier molecular flexibility index (Phi) is 8.64. The van der Waals surface area contributed by atoms with Crippen LogP contribution in [-0.2, 0) is 17.8 Å². The van der Waals surface area contributed by atoms with Gasteiger partial charge in [0.15, 0.2) is 34.6 Å². The smallest absolute Gasteiger partial charge is 0.347 e. The van der Waals surface area contributed by atoms with Crippen LogP contribution in [0.15, 0.2) is 40.2 Å². The van der Waals surface area contributed by atoms with E-state index >= 15 is 0 Å². The number of amides is 1. The highest BCUT2D eigenvalue weighted by molar-refractivity contribution is 5.96. The van der Waals surface area contributed by atoms with Crippen LogP contribution < -0.4 is 16.4 Å². The van der Waals surface area contributed by atoms with Crippen molar-refractivity contribution in [3.8, 4) is 17.1 Å². The van der Waals surface area contributed by atoms with Crippen LogP contribution >= 0.6 is 0 Å². The molecule has 0 saturated carbocycles. The average molecular weight is 593 g/mol. The van der Waals surface area contributed by atoms with E-state index in [1.807, 2.05) is 13.8 Å².